The minimum Gasteiger partial charge on any atom is -0.506 e. The van der Waals surface area contributed by atoms with Crippen molar-refractivity contribution in [2.24, 2.45) is 0 Å². The Hall–Kier alpha value is -0.830. The first-order valence-corrected chi connectivity index (χ1v) is 3.40. The van der Waals surface area contributed by atoms with Gasteiger partial charge in [-0.1, -0.05) is 18.2 Å². The van der Waals surface area contributed by atoms with Gasteiger partial charge in [0.2, 0.25) is 0 Å². The van der Waals surface area contributed by atoms with Crippen LogP contribution in [0.2, 0.25) is 0 Å². The molecule has 1 N–H and O–H groups in total. The van der Waals surface area contributed by atoms with Gasteiger partial charge < -0.3 is 5.11 Å². The Kier molecular flexibility index (Phi) is 2.87. The van der Waals surface area contributed by atoms with E-state index in [1.165, 1.54) is 0 Å². The van der Waals surface area contributed by atoms with Crippen molar-refractivity contribution < 1.29 is 27.5 Å². The first kappa shape index (κ1) is 9.26. The number of phenolic OH excluding ortho intramolecular Hbond substituents is 1. The van der Waals surface area contributed by atoms with Gasteiger partial charge in [0.1, 0.15) is 11.3 Å². The molecule has 0 amide bonds. The summed E-state index contributed by atoms with van der Waals surface area (Å²) >= 11 is 0. The van der Waals surface area contributed by atoms with E-state index in [9.17, 15) is 5.11 Å². The van der Waals surface area contributed by atoms with Gasteiger partial charge >= 0.3 is 0 Å². The zero-order chi connectivity index (χ0) is 7.68. The molecule has 1 aromatic carbocycles. The van der Waals surface area contributed by atoms with Crippen LogP contribution in [0.25, 0.3) is 10.9 Å². The van der Waals surface area contributed by atoms with Gasteiger partial charge in [-0.05, 0) is 12.1 Å². The number of aromatic nitrogens is 1. The van der Waals surface area contributed by atoms with E-state index in [4.69, 9.17) is 0 Å². The number of phenols is 1. The van der Waals surface area contributed by atoms with Crippen LogP contribution in [0.3, 0.4) is 0 Å². The van der Waals surface area contributed by atoms with Crippen LogP contribution in [0.4, 0.5) is 0 Å². The molecule has 0 aliphatic carbocycles. The standard InChI is InChI=1S/C9H7NO.Ag/c11-8-5-1-3-7-4-2-6-10-9(7)8;/h1-6,11H;. The van der Waals surface area contributed by atoms with Gasteiger partial charge in [0.15, 0.2) is 0 Å². The minimum absolute atomic E-state index is 0. The summed E-state index contributed by atoms with van der Waals surface area (Å²) in [6.07, 6.45) is 1.67. The molecule has 2 nitrogen and oxygen atoms in total. The molecule has 65 valence electrons. The Morgan fingerprint density at radius 2 is 1.83 bits per heavy atom. The second kappa shape index (κ2) is 3.72. The summed E-state index contributed by atoms with van der Waals surface area (Å²) in [6, 6.07) is 9.13. The fraction of sp³-hybridized carbons (Fsp3) is 0. The van der Waals surface area contributed by atoms with Gasteiger partial charge in [-0.25, -0.2) is 0 Å². The van der Waals surface area contributed by atoms with E-state index in [1.807, 2.05) is 18.2 Å². The Balaban J connectivity index is 0.000000720. The van der Waals surface area contributed by atoms with Gasteiger partial charge in [-0.3, -0.25) is 4.98 Å². The fourth-order valence-electron chi connectivity index (χ4n) is 1.09. The van der Waals surface area contributed by atoms with E-state index in [0.29, 0.717) is 5.52 Å². The fourth-order valence-corrected chi connectivity index (χ4v) is 1.09. The van der Waals surface area contributed by atoms with E-state index < -0.39 is 0 Å². The molecular weight excluding hydrogens is 246 g/mol. The van der Waals surface area contributed by atoms with Crippen molar-refractivity contribution in [2.45, 2.75) is 0 Å². The van der Waals surface area contributed by atoms with Crippen molar-refractivity contribution >= 4 is 10.9 Å². The van der Waals surface area contributed by atoms with Crippen LogP contribution in [0.5, 0.6) is 5.75 Å². The number of pyridine rings is 1. The average Bonchev–Trinajstić information content (AvgIpc) is 2.06. The molecule has 1 aromatic heterocycles. The number of nitrogens with zero attached hydrogens (tertiary/aromatic N) is 1. The molecule has 12 heavy (non-hydrogen) atoms. The maximum absolute atomic E-state index is 9.31. The SMILES string of the molecule is Oc1cccc2cccnc12.[Ag]. The smallest absolute Gasteiger partial charge is 0.141 e. The second-order valence-corrected chi connectivity index (χ2v) is 2.35. The molecule has 0 bridgehead atoms. The van der Waals surface area contributed by atoms with Crippen molar-refractivity contribution in [3.05, 3.63) is 36.5 Å². The third kappa shape index (κ3) is 1.50. The molecule has 0 aliphatic rings. The maximum Gasteiger partial charge on any atom is 0.141 e. The predicted octanol–water partition coefficient (Wildman–Crippen LogP) is 1.94. The van der Waals surface area contributed by atoms with Crippen molar-refractivity contribution in [2.75, 3.05) is 0 Å². The number of aromatic hydroxyl groups is 1. The van der Waals surface area contributed by atoms with Crippen molar-refractivity contribution in [1.29, 1.82) is 0 Å². The first-order valence-electron chi connectivity index (χ1n) is 3.40. The maximum atomic E-state index is 9.31. The molecule has 0 unspecified atom stereocenters. The Labute approximate surface area is 85.8 Å². The van der Waals surface area contributed by atoms with Crippen LogP contribution in [-0.2, 0) is 22.4 Å². The van der Waals surface area contributed by atoms with Crippen molar-refractivity contribution in [3.8, 4) is 5.75 Å². The van der Waals surface area contributed by atoms with Gasteiger partial charge in [-0.2, -0.15) is 0 Å². The largest absolute Gasteiger partial charge is 0.506 e. The monoisotopic (exact) mass is 252 g/mol. The van der Waals surface area contributed by atoms with E-state index in [-0.39, 0.29) is 28.1 Å². The summed E-state index contributed by atoms with van der Waals surface area (Å²) in [5, 5.41) is 10.3. The van der Waals surface area contributed by atoms with Crippen LogP contribution >= 0.6 is 0 Å². The van der Waals surface area contributed by atoms with Crippen LogP contribution in [-0.4, -0.2) is 10.1 Å². The van der Waals surface area contributed by atoms with Gasteiger partial charge in [0, 0.05) is 34.0 Å². The van der Waals surface area contributed by atoms with E-state index >= 15 is 0 Å². The normalized spacial score (nSPS) is 9.33. The van der Waals surface area contributed by atoms with Gasteiger partial charge in [0.25, 0.3) is 0 Å². The number of para-hydroxylation sites is 1. The third-order valence-corrected chi connectivity index (χ3v) is 1.61. The quantitative estimate of drug-likeness (QED) is 0.728. The molecule has 1 heterocycles. The first-order chi connectivity index (χ1) is 5.38. The number of rotatable bonds is 0. The Morgan fingerprint density at radius 3 is 2.58 bits per heavy atom. The molecule has 2 aromatic rings. The molecule has 0 spiro atoms. The number of fused-ring (bicyclic) bond motifs is 1. The molecule has 0 fully saturated rings. The summed E-state index contributed by atoms with van der Waals surface area (Å²) in [5.41, 5.74) is 0.662. The average molecular weight is 253 g/mol. The molecule has 0 aliphatic heterocycles. The van der Waals surface area contributed by atoms with Crippen LogP contribution in [0.1, 0.15) is 0 Å². The summed E-state index contributed by atoms with van der Waals surface area (Å²) in [5.74, 6) is 0.239. The Bertz CT molecular complexity index is 384. The topological polar surface area (TPSA) is 33.1 Å². The number of benzene rings is 1. The molecule has 3 heteroatoms. The number of hydrogen-bond acceptors (Lipinski definition) is 2. The second-order valence-electron chi connectivity index (χ2n) is 2.35. The molecule has 1 radical (unpaired) electrons. The van der Waals surface area contributed by atoms with Crippen LogP contribution in [0.15, 0.2) is 36.5 Å². The third-order valence-electron chi connectivity index (χ3n) is 1.61. The number of hydrogen-bond donors (Lipinski definition) is 1. The zero-order valence-electron chi connectivity index (χ0n) is 6.16. The van der Waals surface area contributed by atoms with E-state index in [1.54, 1.807) is 18.3 Å². The molecule has 0 saturated carbocycles. The predicted molar refractivity (Wildman–Crippen MR) is 43.4 cm³/mol. The summed E-state index contributed by atoms with van der Waals surface area (Å²) < 4.78 is 0. The van der Waals surface area contributed by atoms with Crippen LogP contribution in [0, 0.1) is 0 Å². The van der Waals surface area contributed by atoms with Gasteiger partial charge in [0.05, 0.1) is 0 Å². The summed E-state index contributed by atoms with van der Waals surface area (Å²) in [7, 11) is 0. The minimum atomic E-state index is 0. The van der Waals surface area contributed by atoms with Gasteiger partial charge in [-0.15, -0.1) is 0 Å². The molecule has 2 rings (SSSR count). The van der Waals surface area contributed by atoms with Crippen LogP contribution < -0.4 is 0 Å². The molecular formula is C9H7AgNO. The summed E-state index contributed by atoms with van der Waals surface area (Å²) in [6.45, 7) is 0. The van der Waals surface area contributed by atoms with E-state index in [2.05, 4.69) is 4.98 Å². The summed E-state index contributed by atoms with van der Waals surface area (Å²) in [4.78, 5) is 4.03. The Morgan fingerprint density at radius 1 is 1.08 bits per heavy atom. The van der Waals surface area contributed by atoms with Crippen molar-refractivity contribution in [3.63, 3.8) is 0 Å². The zero-order valence-corrected chi connectivity index (χ0v) is 7.64. The molecule has 0 atom stereocenters. The van der Waals surface area contributed by atoms with Crippen molar-refractivity contribution in [1.82, 2.24) is 4.98 Å². The molecule has 0 saturated heterocycles. The van der Waals surface area contributed by atoms with E-state index in [0.717, 1.165) is 5.39 Å².